The Bertz CT molecular complexity index is 1130. The first-order chi connectivity index (χ1) is 18.0. The Labute approximate surface area is 220 Å². The van der Waals surface area contributed by atoms with Gasteiger partial charge in [0, 0.05) is 38.2 Å². The minimum atomic E-state index is -0.152. The molecule has 196 valence electrons. The number of carbonyl (C=O) groups is 2. The highest BCUT2D eigenvalue weighted by Crippen LogP contribution is 2.27. The Balaban J connectivity index is 1.75. The first-order valence-electron chi connectivity index (χ1n) is 12.8. The van der Waals surface area contributed by atoms with E-state index >= 15 is 0 Å². The molecule has 2 amide bonds. The maximum atomic E-state index is 13.6. The summed E-state index contributed by atoms with van der Waals surface area (Å²) >= 11 is 0. The summed E-state index contributed by atoms with van der Waals surface area (Å²) in [5.41, 5.74) is 2.74. The van der Waals surface area contributed by atoms with E-state index in [4.69, 9.17) is 9.47 Å². The van der Waals surface area contributed by atoms with Crippen molar-refractivity contribution in [3.63, 3.8) is 0 Å². The molecule has 0 spiro atoms. The van der Waals surface area contributed by atoms with Crippen LogP contribution in [0.25, 0.3) is 0 Å². The van der Waals surface area contributed by atoms with E-state index in [0.29, 0.717) is 36.7 Å². The number of carbonyl (C=O) groups excluding carboxylic acids is 2. The number of methoxy groups -OCH3 is 2. The van der Waals surface area contributed by atoms with E-state index in [1.54, 1.807) is 30.2 Å². The molecule has 0 bridgehead atoms. The molecule has 0 heterocycles. The van der Waals surface area contributed by atoms with E-state index in [1.165, 1.54) is 12.7 Å². The number of hydrogen-bond acceptors (Lipinski definition) is 4. The van der Waals surface area contributed by atoms with Gasteiger partial charge in [0.1, 0.15) is 11.5 Å². The molecule has 0 N–H and O–H groups in total. The molecule has 0 aromatic heterocycles. The van der Waals surface area contributed by atoms with Crippen molar-refractivity contribution < 1.29 is 19.1 Å². The van der Waals surface area contributed by atoms with E-state index in [9.17, 15) is 9.59 Å². The van der Waals surface area contributed by atoms with Crippen LogP contribution in [0, 0.1) is 0 Å². The first-order valence-corrected chi connectivity index (χ1v) is 12.8. The van der Waals surface area contributed by atoms with Crippen molar-refractivity contribution in [1.82, 2.24) is 9.80 Å². The lowest BCUT2D eigenvalue weighted by Crippen LogP contribution is -2.42. The molecule has 6 nitrogen and oxygen atoms in total. The Kier molecular flexibility index (Phi) is 10.6. The Morgan fingerprint density at radius 2 is 1.49 bits per heavy atom. The van der Waals surface area contributed by atoms with Crippen LogP contribution in [0.1, 0.15) is 48.2 Å². The molecule has 0 aliphatic rings. The van der Waals surface area contributed by atoms with Gasteiger partial charge >= 0.3 is 0 Å². The molecule has 0 aliphatic heterocycles. The van der Waals surface area contributed by atoms with Crippen LogP contribution in [-0.2, 0) is 17.8 Å². The lowest BCUT2D eigenvalue weighted by atomic mass is 10.1. The molecule has 1 unspecified atom stereocenters. The molecule has 3 rings (SSSR count). The highest BCUT2D eigenvalue weighted by atomic mass is 16.5. The van der Waals surface area contributed by atoms with Crippen molar-refractivity contribution in [2.24, 2.45) is 0 Å². The number of benzene rings is 3. The average molecular weight is 503 g/mol. The number of nitrogens with zero attached hydrogens (tertiary/aromatic N) is 2. The van der Waals surface area contributed by atoms with Crippen LogP contribution >= 0.6 is 0 Å². The third-order valence-electron chi connectivity index (χ3n) is 6.67. The summed E-state index contributed by atoms with van der Waals surface area (Å²) < 4.78 is 10.7. The van der Waals surface area contributed by atoms with Gasteiger partial charge in [-0.05, 0) is 43.0 Å². The van der Waals surface area contributed by atoms with Crippen LogP contribution in [0.15, 0.2) is 78.9 Å². The summed E-state index contributed by atoms with van der Waals surface area (Å²) in [4.78, 5) is 30.8. The van der Waals surface area contributed by atoms with E-state index < -0.39 is 0 Å². The zero-order chi connectivity index (χ0) is 26.6. The molecule has 0 fully saturated rings. The topological polar surface area (TPSA) is 59.1 Å². The molecule has 3 aromatic carbocycles. The summed E-state index contributed by atoms with van der Waals surface area (Å²) in [6.07, 6.45) is 1.80. The van der Waals surface area contributed by atoms with Gasteiger partial charge in [-0.15, -0.1) is 0 Å². The lowest BCUT2D eigenvalue weighted by molar-refractivity contribution is -0.132. The van der Waals surface area contributed by atoms with Gasteiger partial charge in [0.15, 0.2) is 0 Å². The van der Waals surface area contributed by atoms with Gasteiger partial charge in [0.25, 0.3) is 5.91 Å². The van der Waals surface area contributed by atoms with Gasteiger partial charge in [0.05, 0.1) is 19.8 Å². The van der Waals surface area contributed by atoms with Crippen LogP contribution in [-0.4, -0.2) is 55.0 Å². The number of amides is 2. The van der Waals surface area contributed by atoms with Gasteiger partial charge in [-0.3, -0.25) is 9.59 Å². The molecular weight excluding hydrogens is 464 g/mol. The number of rotatable bonds is 13. The monoisotopic (exact) mass is 502 g/mol. The molecule has 1 atom stereocenters. The van der Waals surface area contributed by atoms with Gasteiger partial charge in [0.2, 0.25) is 5.91 Å². The molecule has 0 saturated heterocycles. The van der Waals surface area contributed by atoms with Gasteiger partial charge in [-0.2, -0.15) is 0 Å². The molecule has 3 aromatic rings. The van der Waals surface area contributed by atoms with Gasteiger partial charge < -0.3 is 19.3 Å². The molecular formula is C31H38N2O4. The summed E-state index contributed by atoms with van der Waals surface area (Å²) in [7, 11) is 3.11. The largest absolute Gasteiger partial charge is 0.497 e. The standard InChI is InChI=1S/C31H38N2O4/c1-5-24(2)33(31(35)28-17-16-27(36-3)22-29(28)37-4)21-19-30(34)32(23-26-14-10-7-11-15-26)20-18-25-12-8-6-9-13-25/h6-17,22,24H,5,18-21,23H2,1-4H3. The second-order valence-corrected chi connectivity index (χ2v) is 9.11. The smallest absolute Gasteiger partial charge is 0.257 e. The predicted molar refractivity (Wildman–Crippen MR) is 147 cm³/mol. The van der Waals surface area contributed by atoms with E-state index in [0.717, 1.165) is 18.4 Å². The Hall–Kier alpha value is -3.80. The maximum Gasteiger partial charge on any atom is 0.257 e. The SMILES string of the molecule is CCC(C)N(CCC(=O)N(CCc1ccccc1)Cc1ccccc1)C(=O)c1ccc(OC)cc1OC. The fourth-order valence-corrected chi connectivity index (χ4v) is 4.25. The Morgan fingerprint density at radius 1 is 0.838 bits per heavy atom. The molecule has 6 heteroatoms. The zero-order valence-corrected chi connectivity index (χ0v) is 22.4. The van der Waals surface area contributed by atoms with E-state index in [-0.39, 0.29) is 24.3 Å². The van der Waals surface area contributed by atoms with Gasteiger partial charge in [-0.1, -0.05) is 67.6 Å². The third-order valence-corrected chi connectivity index (χ3v) is 6.67. The molecule has 0 radical (unpaired) electrons. The van der Waals surface area contributed by atoms with Crippen molar-refractivity contribution in [2.45, 2.75) is 45.7 Å². The average Bonchev–Trinajstić information content (AvgIpc) is 2.95. The molecule has 0 aliphatic carbocycles. The minimum Gasteiger partial charge on any atom is -0.497 e. The van der Waals surface area contributed by atoms with Crippen LogP contribution in [0.2, 0.25) is 0 Å². The minimum absolute atomic E-state index is 0.0287. The van der Waals surface area contributed by atoms with Crippen molar-refractivity contribution in [3.8, 4) is 11.5 Å². The lowest BCUT2D eigenvalue weighted by Gasteiger charge is -2.30. The van der Waals surface area contributed by atoms with Crippen LogP contribution in [0.4, 0.5) is 0 Å². The molecule has 0 saturated carbocycles. The van der Waals surface area contributed by atoms with Gasteiger partial charge in [-0.25, -0.2) is 0 Å². The second kappa shape index (κ2) is 14.1. The van der Waals surface area contributed by atoms with Crippen LogP contribution in [0.5, 0.6) is 11.5 Å². The predicted octanol–water partition coefficient (Wildman–Crippen LogP) is 5.61. The summed E-state index contributed by atoms with van der Waals surface area (Å²) in [5.74, 6) is 0.953. The number of hydrogen-bond donors (Lipinski definition) is 0. The number of ether oxygens (including phenoxy) is 2. The summed E-state index contributed by atoms with van der Waals surface area (Å²) in [6.45, 7) is 5.53. The highest BCUT2D eigenvalue weighted by Gasteiger charge is 2.25. The van der Waals surface area contributed by atoms with Crippen molar-refractivity contribution in [2.75, 3.05) is 27.3 Å². The fourth-order valence-electron chi connectivity index (χ4n) is 4.25. The normalized spacial score (nSPS) is 11.5. The van der Waals surface area contributed by atoms with Crippen molar-refractivity contribution >= 4 is 11.8 Å². The van der Waals surface area contributed by atoms with Crippen LogP contribution < -0.4 is 9.47 Å². The zero-order valence-electron chi connectivity index (χ0n) is 22.4. The maximum absolute atomic E-state index is 13.6. The molecule has 37 heavy (non-hydrogen) atoms. The Morgan fingerprint density at radius 3 is 2.08 bits per heavy atom. The van der Waals surface area contributed by atoms with E-state index in [1.807, 2.05) is 67.3 Å². The summed E-state index contributed by atoms with van der Waals surface area (Å²) in [6, 6.07) is 25.4. The second-order valence-electron chi connectivity index (χ2n) is 9.11. The third kappa shape index (κ3) is 7.84. The van der Waals surface area contributed by atoms with Crippen LogP contribution in [0.3, 0.4) is 0 Å². The summed E-state index contributed by atoms with van der Waals surface area (Å²) in [5, 5.41) is 0. The fraction of sp³-hybridized carbons (Fsp3) is 0.355. The van der Waals surface area contributed by atoms with Crippen molar-refractivity contribution in [3.05, 3.63) is 95.6 Å². The van der Waals surface area contributed by atoms with E-state index in [2.05, 4.69) is 12.1 Å². The highest BCUT2D eigenvalue weighted by molar-refractivity contribution is 5.97. The quantitative estimate of drug-likeness (QED) is 0.305. The first kappa shape index (κ1) is 27.8. The van der Waals surface area contributed by atoms with Crippen molar-refractivity contribution in [1.29, 1.82) is 0 Å².